The maximum Gasteiger partial charge on any atom is 0.290 e. The van der Waals surface area contributed by atoms with Crippen molar-refractivity contribution in [2.75, 3.05) is 0 Å². The van der Waals surface area contributed by atoms with Gasteiger partial charge in [-0.15, -0.1) is 0 Å². The Kier molecular flexibility index (Phi) is 2.68. The average molecular weight is 202 g/mol. The van der Waals surface area contributed by atoms with Crippen LogP contribution in [-0.4, -0.2) is 27.0 Å². The molecular weight excluding hydrogens is 188 g/mol. The molecule has 74 valence electrons. The Bertz CT molecular complexity index is 253. The van der Waals surface area contributed by atoms with Gasteiger partial charge in [0, 0.05) is 5.54 Å². The van der Waals surface area contributed by atoms with Crippen LogP contribution in [0.3, 0.4) is 0 Å². The van der Waals surface area contributed by atoms with E-state index in [4.69, 9.17) is 5.73 Å². The predicted octanol–water partition coefficient (Wildman–Crippen LogP) is 1.16. The van der Waals surface area contributed by atoms with Crippen molar-refractivity contribution in [3.05, 3.63) is 0 Å². The number of rotatable bonds is 2. The van der Waals surface area contributed by atoms with Crippen LogP contribution in [0, 0.1) is 0 Å². The zero-order valence-electron chi connectivity index (χ0n) is 8.03. The van der Waals surface area contributed by atoms with E-state index >= 15 is 0 Å². The number of hydrogen-bond acceptors (Lipinski definition) is 4. The topological polar surface area (TPSA) is 63.4 Å². The Morgan fingerprint density at radius 1 is 1.54 bits per heavy atom. The summed E-state index contributed by atoms with van der Waals surface area (Å²) in [6.07, 6.45) is 0.734. The minimum Gasteiger partial charge on any atom is -0.311 e. The van der Waals surface area contributed by atoms with E-state index in [1.54, 1.807) is 0 Å². The molecular formula is C8H14N2O2S. The highest BCUT2D eigenvalue weighted by atomic mass is 32.2. The van der Waals surface area contributed by atoms with Crippen LogP contribution in [-0.2, 0) is 4.79 Å². The van der Waals surface area contributed by atoms with Crippen molar-refractivity contribution in [3.63, 3.8) is 0 Å². The van der Waals surface area contributed by atoms with Gasteiger partial charge in [0.15, 0.2) is 0 Å². The van der Waals surface area contributed by atoms with Crippen molar-refractivity contribution >= 4 is 22.9 Å². The summed E-state index contributed by atoms with van der Waals surface area (Å²) in [7, 11) is 0. The lowest BCUT2D eigenvalue weighted by atomic mass is 10.00. The average Bonchev–Trinajstić information content (AvgIpc) is 2.27. The second-order valence-corrected chi connectivity index (χ2v) is 4.74. The highest BCUT2D eigenvalue weighted by molar-refractivity contribution is 8.15. The second kappa shape index (κ2) is 3.31. The first-order chi connectivity index (χ1) is 5.90. The number of nitrogens with two attached hydrogens (primary N) is 1. The number of hydrogen-bond donors (Lipinski definition) is 1. The van der Waals surface area contributed by atoms with Crippen LogP contribution < -0.4 is 5.73 Å². The van der Waals surface area contributed by atoms with Crippen LogP contribution in [0.5, 0.6) is 0 Å². The first-order valence-electron chi connectivity index (χ1n) is 4.20. The summed E-state index contributed by atoms with van der Waals surface area (Å²) in [4.78, 5) is 24.1. The van der Waals surface area contributed by atoms with Crippen molar-refractivity contribution in [1.29, 1.82) is 0 Å². The van der Waals surface area contributed by atoms with Crippen LogP contribution in [0.2, 0.25) is 0 Å². The molecule has 1 aliphatic rings. The van der Waals surface area contributed by atoms with Gasteiger partial charge in [0.2, 0.25) is 0 Å². The molecule has 5 heteroatoms. The van der Waals surface area contributed by atoms with Crippen LogP contribution in [0.4, 0.5) is 4.79 Å². The fourth-order valence-corrected chi connectivity index (χ4v) is 2.00. The van der Waals surface area contributed by atoms with Crippen LogP contribution in [0.1, 0.15) is 27.2 Å². The number of imide groups is 1. The van der Waals surface area contributed by atoms with E-state index in [0.29, 0.717) is 0 Å². The van der Waals surface area contributed by atoms with Crippen molar-refractivity contribution < 1.29 is 9.59 Å². The van der Waals surface area contributed by atoms with Gasteiger partial charge in [-0.25, -0.2) is 0 Å². The monoisotopic (exact) mass is 202 g/mol. The fourth-order valence-electron chi connectivity index (χ4n) is 1.13. The SMILES string of the molecule is CCC(C)(C)N1C(=O)SC(N)C1=O. The van der Waals surface area contributed by atoms with Gasteiger partial charge >= 0.3 is 0 Å². The number of thioether (sulfide) groups is 1. The van der Waals surface area contributed by atoms with E-state index in [9.17, 15) is 9.59 Å². The van der Waals surface area contributed by atoms with Gasteiger partial charge in [0.05, 0.1) is 0 Å². The highest BCUT2D eigenvalue weighted by Crippen LogP contribution is 2.31. The molecule has 0 aliphatic carbocycles. The maximum absolute atomic E-state index is 11.5. The molecule has 0 radical (unpaired) electrons. The summed E-state index contributed by atoms with van der Waals surface area (Å²) in [5, 5.41) is -0.942. The second-order valence-electron chi connectivity index (χ2n) is 3.64. The first-order valence-corrected chi connectivity index (χ1v) is 5.08. The fraction of sp³-hybridized carbons (Fsp3) is 0.750. The molecule has 4 nitrogen and oxygen atoms in total. The van der Waals surface area contributed by atoms with Gasteiger partial charge in [-0.3, -0.25) is 14.5 Å². The van der Waals surface area contributed by atoms with Crippen LogP contribution in [0.15, 0.2) is 0 Å². The van der Waals surface area contributed by atoms with Crippen molar-refractivity contribution in [2.24, 2.45) is 5.73 Å². The lowest BCUT2D eigenvalue weighted by Gasteiger charge is -2.32. The molecule has 0 bridgehead atoms. The Labute approximate surface area is 81.8 Å². The molecule has 1 saturated heterocycles. The molecule has 1 unspecified atom stereocenters. The largest absolute Gasteiger partial charge is 0.311 e. The predicted molar refractivity (Wildman–Crippen MR) is 52.2 cm³/mol. The minimum atomic E-state index is -0.710. The normalized spacial score (nSPS) is 24.3. The van der Waals surface area contributed by atoms with Crippen molar-refractivity contribution in [2.45, 2.75) is 38.1 Å². The lowest BCUT2D eigenvalue weighted by Crippen LogP contribution is -2.48. The maximum atomic E-state index is 11.5. The van der Waals surface area contributed by atoms with Gasteiger partial charge in [-0.05, 0) is 32.0 Å². The summed E-state index contributed by atoms with van der Waals surface area (Å²) in [6.45, 7) is 5.66. The molecule has 1 rings (SSSR count). The summed E-state index contributed by atoms with van der Waals surface area (Å²) in [5.41, 5.74) is 5.04. The standard InChI is InChI=1S/C8H14N2O2S/c1-4-8(2,3)10-6(11)5(9)13-7(10)12/h5H,4,9H2,1-3H3. The summed E-state index contributed by atoms with van der Waals surface area (Å²) >= 11 is 0.894. The molecule has 2 amide bonds. The van der Waals surface area contributed by atoms with Gasteiger partial charge < -0.3 is 5.73 Å². The van der Waals surface area contributed by atoms with E-state index < -0.39 is 10.9 Å². The summed E-state index contributed by atoms with van der Waals surface area (Å²) < 4.78 is 0. The molecule has 1 fully saturated rings. The molecule has 1 atom stereocenters. The Morgan fingerprint density at radius 2 is 2.08 bits per heavy atom. The zero-order valence-corrected chi connectivity index (χ0v) is 8.85. The summed E-state index contributed by atoms with van der Waals surface area (Å²) in [6, 6.07) is 0. The van der Waals surface area contributed by atoms with Gasteiger partial charge in [0.25, 0.3) is 11.1 Å². The van der Waals surface area contributed by atoms with Crippen LogP contribution in [0.25, 0.3) is 0 Å². The quantitative estimate of drug-likeness (QED) is 0.729. The molecule has 13 heavy (non-hydrogen) atoms. The van der Waals surface area contributed by atoms with Crippen molar-refractivity contribution in [3.8, 4) is 0 Å². The Hall–Kier alpha value is -0.550. The first kappa shape index (κ1) is 10.5. The molecule has 0 aromatic rings. The smallest absolute Gasteiger partial charge is 0.290 e. The number of carbonyl (C=O) groups excluding carboxylic acids is 2. The molecule has 1 aliphatic heterocycles. The number of carbonyl (C=O) groups is 2. The minimum absolute atomic E-state index is 0.232. The molecule has 0 spiro atoms. The zero-order chi connectivity index (χ0) is 10.2. The van der Waals surface area contributed by atoms with E-state index in [0.717, 1.165) is 18.2 Å². The molecule has 0 aromatic carbocycles. The lowest BCUT2D eigenvalue weighted by molar-refractivity contribution is -0.130. The number of amides is 2. The third-order valence-electron chi connectivity index (χ3n) is 2.34. The third-order valence-corrected chi connectivity index (χ3v) is 3.18. The van der Waals surface area contributed by atoms with Gasteiger partial charge in [0.1, 0.15) is 5.37 Å². The number of nitrogens with zero attached hydrogens (tertiary/aromatic N) is 1. The van der Waals surface area contributed by atoms with Crippen molar-refractivity contribution in [1.82, 2.24) is 4.90 Å². The third kappa shape index (κ3) is 1.71. The molecule has 0 saturated carbocycles. The molecule has 2 N–H and O–H groups in total. The summed E-state index contributed by atoms with van der Waals surface area (Å²) in [5.74, 6) is -0.276. The van der Waals surface area contributed by atoms with Gasteiger partial charge in [-0.1, -0.05) is 6.92 Å². The molecule has 0 aromatic heterocycles. The van der Waals surface area contributed by atoms with Crippen LogP contribution >= 0.6 is 11.8 Å². The molecule has 1 heterocycles. The van der Waals surface area contributed by atoms with E-state index in [1.807, 2.05) is 20.8 Å². The Balaban J connectivity index is 2.92. The van der Waals surface area contributed by atoms with E-state index in [-0.39, 0.29) is 11.1 Å². The Morgan fingerprint density at radius 3 is 2.38 bits per heavy atom. The van der Waals surface area contributed by atoms with E-state index in [2.05, 4.69) is 0 Å². The van der Waals surface area contributed by atoms with E-state index in [1.165, 1.54) is 4.90 Å². The van der Waals surface area contributed by atoms with Gasteiger partial charge in [-0.2, -0.15) is 0 Å². The highest BCUT2D eigenvalue weighted by Gasteiger charge is 2.44.